The average molecular weight is 274 g/mol. The molecular formula is C15H18N2O3. The van der Waals surface area contributed by atoms with Crippen LogP contribution in [0.25, 0.3) is 0 Å². The number of methoxy groups -OCH3 is 2. The molecule has 106 valence electrons. The minimum Gasteiger partial charge on any atom is -0.497 e. The molecule has 20 heavy (non-hydrogen) atoms. The molecule has 0 aliphatic carbocycles. The minimum absolute atomic E-state index is 0.0494. The van der Waals surface area contributed by atoms with Crippen LogP contribution in [-0.4, -0.2) is 29.8 Å². The van der Waals surface area contributed by atoms with Crippen LogP contribution in [0.15, 0.2) is 30.6 Å². The Morgan fingerprint density at radius 1 is 1.30 bits per heavy atom. The van der Waals surface area contributed by atoms with Gasteiger partial charge in [-0.25, -0.2) is 0 Å². The molecular weight excluding hydrogens is 256 g/mol. The van der Waals surface area contributed by atoms with Crippen LogP contribution in [0, 0.1) is 0 Å². The van der Waals surface area contributed by atoms with Crippen molar-refractivity contribution in [3.63, 3.8) is 0 Å². The highest BCUT2D eigenvalue weighted by Gasteiger charge is 2.13. The van der Waals surface area contributed by atoms with E-state index in [1.165, 1.54) is 0 Å². The third-order valence-electron chi connectivity index (χ3n) is 3.11. The summed E-state index contributed by atoms with van der Waals surface area (Å²) >= 11 is 0. The first-order chi connectivity index (χ1) is 9.63. The van der Waals surface area contributed by atoms with E-state index in [0.29, 0.717) is 29.9 Å². The molecule has 0 unspecified atom stereocenters. The number of aryl methyl sites for hydroxylation is 2. The molecule has 1 aromatic heterocycles. The summed E-state index contributed by atoms with van der Waals surface area (Å²) in [6.07, 6.45) is 4.79. The largest absolute Gasteiger partial charge is 0.497 e. The van der Waals surface area contributed by atoms with Crippen LogP contribution < -0.4 is 9.47 Å². The van der Waals surface area contributed by atoms with E-state index in [-0.39, 0.29) is 5.78 Å². The number of hydrogen-bond acceptors (Lipinski definition) is 4. The van der Waals surface area contributed by atoms with Crippen molar-refractivity contribution in [3.8, 4) is 11.5 Å². The molecule has 1 heterocycles. The van der Waals surface area contributed by atoms with Gasteiger partial charge in [0.05, 0.1) is 26.0 Å². The average Bonchev–Trinajstić information content (AvgIpc) is 2.89. The second kappa shape index (κ2) is 6.23. The van der Waals surface area contributed by atoms with Crippen molar-refractivity contribution in [1.82, 2.24) is 9.78 Å². The molecule has 0 fully saturated rings. The Morgan fingerprint density at radius 2 is 2.10 bits per heavy atom. The molecule has 5 heteroatoms. The van der Waals surface area contributed by atoms with Gasteiger partial charge in [0.1, 0.15) is 11.5 Å². The van der Waals surface area contributed by atoms with Crippen molar-refractivity contribution in [1.29, 1.82) is 0 Å². The lowest BCUT2D eigenvalue weighted by Crippen LogP contribution is -2.04. The fraction of sp³-hybridized carbons (Fsp3) is 0.333. The summed E-state index contributed by atoms with van der Waals surface area (Å²) in [7, 11) is 4.99. The number of ether oxygens (including phenoxy) is 2. The fourth-order valence-corrected chi connectivity index (χ4v) is 2.02. The van der Waals surface area contributed by atoms with Crippen LogP contribution in [0.4, 0.5) is 0 Å². The Bertz CT molecular complexity index is 605. The van der Waals surface area contributed by atoms with Gasteiger partial charge < -0.3 is 9.47 Å². The van der Waals surface area contributed by atoms with Gasteiger partial charge in [-0.3, -0.25) is 9.48 Å². The van der Waals surface area contributed by atoms with Crippen molar-refractivity contribution in [2.24, 2.45) is 7.05 Å². The number of nitrogens with zero attached hydrogens (tertiary/aromatic N) is 2. The topological polar surface area (TPSA) is 53.3 Å². The number of hydrogen-bond donors (Lipinski definition) is 0. The first-order valence-electron chi connectivity index (χ1n) is 6.36. The zero-order chi connectivity index (χ0) is 14.5. The zero-order valence-corrected chi connectivity index (χ0v) is 11.9. The number of rotatable bonds is 6. The molecule has 0 radical (unpaired) electrons. The Morgan fingerprint density at radius 3 is 2.70 bits per heavy atom. The third kappa shape index (κ3) is 3.17. The lowest BCUT2D eigenvalue weighted by Gasteiger charge is -2.09. The Hall–Kier alpha value is -2.30. The first-order valence-corrected chi connectivity index (χ1v) is 6.36. The number of Topliss-reactive ketones (excluding diaryl/α,β-unsaturated/α-hetero) is 1. The minimum atomic E-state index is 0.0494. The number of carbonyl (C=O) groups is 1. The second-order valence-electron chi connectivity index (χ2n) is 4.51. The van der Waals surface area contributed by atoms with Crippen LogP contribution in [-0.2, 0) is 13.5 Å². The highest BCUT2D eigenvalue weighted by Crippen LogP contribution is 2.25. The lowest BCUT2D eigenvalue weighted by molar-refractivity contribution is 0.0980. The predicted molar refractivity (Wildman–Crippen MR) is 75.4 cm³/mol. The Labute approximate surface area is 118 Å². The van der Waals surface area contributed by atoms with Crippen LogP contribution in [0.2, 0.25) is 0 Å². The van der Waals surface area contributed by atoms with E-state index in [1.54, 1.807) is 43.3 Å². The fourth-order valence-electron chi connectivity index (χ4n) is 2.02. The Kier molecular flexibility index (Phi) is 4.40. The van der Waals surface area contributed by atoms with Gasteiger partial charge in [-0.1, -0.05) is 0 Å². The molecule has 0 N–H and O–H groups in total. The smallest absolute Gasteiger partial charge is 0.166 e. The van der Waals surface area contributed by atoms with Gasteiger partial charge in [0, 0.05) is 25.7 Å². The number of benzene rings is 1. The standard InChI is InChI=1S/C15H18N2O3/c1-17-10-11(9-16-17)4-7-14(18)13-6-5-12(19-2)8-15(13)20-3/h5-6,8-10H,4,7H2,1-3H3. The van der Waals surface area contributed by atoms with Crippen molar-refractivity contribution >= 4 is 5.78 Å². The molecule has 0 saturated carbocycles. The number of aromatic nitrogens is 2. The van der Waals surface area contributed by atoms with Crippen molar-refractivity contribution < 1.29 is 14.3 Å². The van der Waals surface area contributed by atoms with Crippen LogP contribution in [0.1, 0.15) is 22.3 Å². The molecule has 0 aliphatic rings. The second-order valence-corrected chi connectivity index (χ2v) is 4.51. The van der Waals surface area contributed by atoms with Crippen LogP contribution in [0.5, 0.6) is 11.5 Å². The van der Waals surface area contributed by atoms with Crippen molar-refractivity contribution in [2.45, 2.75) is 12.8 Å². The maximum atomic E-state index is 12.3. The maximum absolute atomic E-state index is 12.3. The molecule has 0 bridgehead atoms. The van der Waals surface area contributed by atoms with Gasteiger partial charge >= 0.3 is 0 Å². The van der Waals surface area contributed by atoms with Crippen molar-refractivity contribution in [3.05, 3.63) is 41.7 Å². The lowest BCUT2D eigenvalue weighted by atomic mass is 10.0. The molecule has 2 aromatic rings. The summed E-state index contributed by atoms with van der Waals surface area (Å²) in [5, 5.41) is 4.09. The first kappa shape index (κ1) is 14.1. The number of ketones is 1. The molecule has 0 amide bonds. The van der Waals surface area contributed by atoms with Gasteiger partial charge in [-0.15, -0.1) is 0 Å². The van der Waals surface area contributed by atoms with E-state index in [1.807, 2.05) is 13.2 Å². The van der Waals surface area contributed by atoms with E-state index in [9.17, 15) is 4.79 Å². The zero-order valence-electron chi connectivity index (χ0n) is 11.9. The quantitative estimate of drug-likeness (QED) is 0.758. The molecule has 0 atom stereocenters. The van der Waals surface area contributed by atoms with E-state index in [4.69, 9.17) is 9.47 Å². The monoisotopic (exact) mass is 274 g/mol. The predicted octanol–water partition coefficient (Wildman–Crippen LogP) is 2.25. The highest BCUT2D eigenvalue weighted by atomic mass is 16.5. The summed E-state index contributed by atoms with van der Waals surface area (Å²) in [5.41, 5.74) is 1.63. The van der Waals surface area contributed by atoms with Crippen LogP contribution >= 0.6 is 0 Å². The molecule has 0 saturated heterocycles. The molecule has 2 rings (SSSR count). The summed E-state index contributed by atoms with van der Waals surface area (Å²) in [6, 6.07) is 5.22. The summed E-state index contributed by atoms with van der Waals surface area (Å²) in [4.78, 5) is 12.3. The SMILES string of the molecule is COc1ccc(C(=O)CCc2cnn(C)c2)c(OC)c1. The highest BCUT2D eigenvalue weighted by molar-refractivity contribution is 5.99. The molecule has 0 aliphatic heterocycles. The summed E-state index contributed by atoms with van der Waals surface area (Å²) in [5.74, 6) is 1.26. The van der Waals surface area contributed by atoms with Gasteiger partial charge in [0.25, 0.3) is 0 Å². The van der Waals surface area contributed by atoms with Gasteiger partial charge in [0.15, 0.2) is 5.78 Å². The molecule has 5 nitrogen and oxygen atoms in total. The molecule has 0 spiro atoms. The normalized spacial score (nSPS) is 10.3. The van der Waals surface area contributed by atoms with Gasteiger partial charge in [0.2, 0.25) is 0 Å². The summed E-state index contributed by atoms with van der Waals surface area (Å²) in [6.45, 7) is 0. The van der Waals surface area contributed by atoms with Crippen LogP contribution in [0.3, 0.4) is 0 Å². The van der Waals surface area contributed by atoms with Crippen molar-refractivity contribution in [2.75, 3.05) is 14.2 Å². The van der Waals surface area contributed by atoms with Gasteiger partial charge in [-0.05, 0) is 24.1 Å². The van der Waals surface area contributed by atoms with E-state index in [0.717, 1.165) is 5.56 Å². The number of carbonyl (C=O) groups excluding carboxylic acids is 1. The van der Waals surface area contributed by atoms with Gasteiger partial charge in [-0.2, -0.15) is 5.10 Å². The van der Waals surface area contributed by atoms with E-state index in [2.05, 4.69) is 5.10 Å². The summed E-state index contributed by atoms with van der Waals surface area (Å²) < 4.78 is 12.1. The third-order valence-corrected chi connectivity index (χ3v) is 3.11. The maximum Gasteiger partial charge on any atom is 0.166 e. The molecule has 1 aromatic carbocycles. The van der Waals surface area contributed by atoms with E-state index < -0.39 is 0 Å². The Balaban J connectivity index is 2.08. The van der Waals surface area contributed by atoms with E-state index >= 15 is 0 Å².